The lowest BCUT2D eigenvalue weighted by atomic mass is 9.99. The van der Waals surface area contributed by atoms with Gasteiger partial charge in [-0.15, -0.1) is 0 Å². The minimum Gasteiger partial charge on any atom is -0.484 e. The second-order valence-corrected chi connectivity index (χ2v) is 9.12. The number of nitrogens with one attached hydrogen (secondary N) is 1. The van der Waals surface area contributed by atoms with E-state index in [-0.39, 0.29) is 29.5 Å². The minimum atomic E-state index is -0.312. The summed E-state index contributed by atoms with van der Waals surface area (Å²) in [5, 5.41) is 2.82. The molecule has 0 aliphatic carbocycles. The predicted octanol–water partition coefficient (Wildman–Crippen LogP) is 4.35. The highest BCUT2D eigenvalue weighted by atomic mass is 16.5. The molecule has 0 spiro atoms. The van der Waals surface area contributed by atoms with Crippen LogP contribution in [0.2, 0.25) is 0 Å². The Morgan fingerprint density at radius 1 is 1.00 bits per heavy atom. The molecule has 1 amide bonds. The molecule has 0 fully saturated rings. The number of hydrogen-bond acceptors (Lipinski definition) is 6. The van der Waals surface area contributed by atoms with Gasteiger partial charge < -0.3 is 24.3 Å². The first-order valence-electron chi connectivity index (χ1n) is 11.9. The third-order valence-electron chi connectivity index (χ3n) is 5.86. The second kappa shape index (κ2) is 14.3. The minimum absolute atomic E-state index is 0.0246. The summed E-state index contributed by atoms with van der Waals surface area (Å²) in [5.74, 6) is 0.389. The van der Waals surface area contributed by atoms with Gasteiger partial charge >= 0.3 is 0 Å². The molecule has 7 heteroatoms. The van der Waals surface area contributed by atoms with E-state index in [0.717, 1.165) is 31.2 Å². The number of ether oxygens (including phenoxy) is 4. The van der Waals surface area contributed by atoms with Gasteiger partial charge in [0.15, 0.2) is 12.4 Å². The van der Waals surface area contributed by atoms with Gasteiger partial charge in [-0.1, -0.05) is 13.8 Å². The molecule has 0 aliphatic heterocycles. The first-order valence-corrected chi connectivity index (χ1v) is 11.9. The molecule has 0 aromatic heterocycles. The van der Waals surface area contributed by atoms with Crippen LogP contribution >= 0.6 is 0 Å². The molecule has 1 aromatic rings. The van der Waals surface area contributed by atoms with Gasteiger partial charge in [0, 0.05) is 25.8 Å². The largest absolute Gasteiger partial charge is 0.484 e. The predicted molar refractivity (Wildman–Crippen MR) is 130 cm³/mol. The normalized spacial score (nSPS) is 13.4. The Bertz CT molecular complexity index is 748. The number of carbonyl (C=O) groups excluding carboxylic acids is 2. The molecule has 0 saturated carbocycles. The zero-order chi connectivity index (χ0) is 24.9. The van der Waals surface area contributed by atoms with E-state index in [9.17, 15) is 9.59 Å². The number of carbonyl (C=O) groups is 2. The first kappa shape index (κ1) is 29.1. The van der Waals surface area contributed by atoms with E-state index in [4.69, 9.17) is 18.9 Å². The van der Waals surface area contributed by atoms with Crippen LogP contribution in [-0.4, -0.2) is 63.0 Å². The van der Waals surface area contributed by atoms with Crippen LogP contribution in [0.1, 0.15) is 76.7 Å². The maximum absolute atomic E-state index is 12.1. The van der Waals surface area contributed by atoms with Gasteiger partial charge in [0.2, 0.25) is 0 Å². The maximum Gasteiger partial charge on any atom is 0.258 e. The molecule has 0 aliphatic rings. The highest BCUT2D eigenvalue weighted by Crippen LogP contribution is 2.23. The number of hydrogen-bond donors (Lipinski definition) is 1. The zero-order valence-corrected chi connectivity index (χ0v) is 21.5. The van der Waals surface area contributed by atoms with Crippen LogP contribution in [0.15, 0.2) is 18.2 Å². The van der Waals surface area contributed by atoms with Gasteiger partial charge in [0.25, 0.3) is 5.91 Å². The summed E-state index contributed by atoms with van der Waals surface area (Å²) in [6.07, 6.45) is 3.18. The summed E-state index contributed by atoms with van der Waals surface area (Å²) in [7, 11) is 1.69. The molecule has 1 N–H and O–H groups in total. The molecule has 7 nitrogen and oxygen atoms in total. The molecule has 188 valence electrons. The second-order valence-electron chi connectivity index (χ2n) is 9.12. The van der Waals surface area contributed by atoms with Crippen molar-refractivity contribution < 1.29 is 28.5 Å². The van der Waals surface area contributed by atoms with Crippen LogP contribution < -0.4 is 10.1 Å². The molecule has 0 radical (unpaired) electrons. The van der Waals surface area contributed by atoms with Crippen LogP contribution in [0.25, 0.3) is 0 Å². The lowest BCUT2D eigenvalue weighted by molar-refractivity contribution is -0.124. The number of benzene rings is 1. The number of amides is 1. The third-order valence-corrected chi connectivity index (χ3v) is 5.86. The van der Waals surface area contributed by atoms with Crippen LogP contribution in [0.4, 0.5) is 0 Å². The van der Waals surface area contributed by atoms with Crippen molar-refractivity contribution in [3.8, 4) is 5.75 Å². The van der Waals surface area contributed by atoms with E-state index >= 15 is 0 Å². The van der Waals surface area contributed by atoms with Gasteiger partial charge in [0.1, 0.15) is 5.75 Å². The average Bonchev–Trinajstić information content (AvgIpc) is 2.78. The molecule has 1 unspecified atom stereocenters. The van der Waals surface area contributed by atoms with Crippen molar-refractivity contribution in [1.29, 1.82) is 0 Å². The first-order chi connectivity index (χ1) is 15.6. The summed E-state index contributed by atoms with van der Waals surface area (Å²) in [5.41, 5.74) is 1.06. The van der Waals surface area contributed by atoms with Crippen LogP contribution in [-0.2, 0) is 25.4 Å². The van der Waals surface area contributed by atoms with E-state index in [1.54, 1.807) is 26.2 Å². The van der Waals surface area contributed by atoms with Gasteiger partial charge in [0.05, 0.1) is 24.4 Å². The SMILES string of the molecule is CCc1cc(OCC(=O)NCCOC(C)(CC)CCOC(C)(C)CCOC)ccc1C(C)=O. The van der Waals surface area contributed by atoms with E-state index in [1.807, 2.05) is 13.0 Å². The quantitative estimate of drug-likeness (QED) is 0.272. The summed E-state index contributed by atoms with van der Waals surface area (Å²) in [4.78, 5) is 23.8. The molecule has 0 bridgehead atoms. The van der Waals surface area contributed by atoms with Gasteiger partial charge in [-0.05, 0) is 77.1 Å². The van der Waals surface area contributed by atoms with Crippen molar-refractivity contribution in [3.63, 3.8) is 0 Å². The van der Waals surface area contributed by atoms with Crippen LogP contribution in [0, 0.1) is 0 Å². The fourth-order valence-electron chi connectivity index (χ4n) is 3.30. The number of ketones is 1. The summed E-state index contributed by atoms with van der Waals surface area (Å²) < 4.78 is 22.8. The fourth-order valence-corrected chi connectivity index (χ4v) is 3.30. The topological polar surface area (TPSA) is 83.1 Å². The molecular formula is C26H43NO6. The molecule has 0 heterocycles. The Morgan fingerprint density at radius 3 is 2.33 bits per heavy atom. The number of Topliss-reactive ketones (excluding diaryl/α,β-unsaturated/α-hetero) is 1. The van der Waals surface area contributed by atoms with Crippen molar-refractivity contribution in [1.82, 2.24) is 5.32 Å². The van der Waals surface area contributed by atoms with Crippen molar-refractivity contribution in [2.75, 3.05) is 40.1 Å². The smallest absolute Gasteiger partial charge is 0.258 e. The van der Waals surface area contributed by atoms with Crippen molar-refractivity contribution in [2.45, 2.75) is 78.4 Å². The van der Waals surface area contributed by atoms with Crippen LogP contribution in [0.5, 0.6) is 5.75 Å². The standard InChI is InChI=1S/C26H43NO6/c1-8-21-18-22(10-11-23(21)20(3)28)31-19-24(29)27-14-17-33-26(6,9-2)13-16-32-25(4,5)12-15-30-7/h10-11,18H,8-9,12-17,19H2,1-7H3,(H,27,29). The monoisotopic (exact) mass is 465 g/mol. The Labute approximate surface area is 199 Å². The van der Waals surface area contributed by atoms with E-state index in [1.165, 1.54) is 0 Å². The summed E-state index contributed by atoms with van der Waals surface area (Å²) >= 11 is 0. The Kier molecular flexibility index (Phi) is 12.6. The maximum atomic E-state index is 12.1. The number of methoxy groups -OCH3 is 1. The van der Waals surface area contributed by atoms with E-state index in [0.29, 0.717) is 37.7 Å². The van der Waals surface area contributed by atoms with Crippen molar-refractivity contribution >= 4 is 11.7 Å². The van der Waals surface area contributed by atoms with Gasteiger partial charge in [-0.2, -0.15) is 0 Å². The van der Waals surface area contributed by atoms with Crippen LogP contribution in [0.3, 0.4) is 0 Å². The van der Waals surface area contributed by atoms with E-state index < -0.39 is 0 Å². The summed E-state index contributed by atoms with van der Waals surface area (Å²) in [6, 6.07) is 5.28. The molecule has 1 atom stereocenters. The molecule has 0 saturated heterocycles. The molecular weight excluding hydrogens is 422 g/mol. The third kappa shape index (κ3) is 11.1. The Hall–Kier alpha value is -1.96. The van der Waals surface area contributed by atoms with E-state index in [2.05, 4.69) is 33.0 Å². The summed E-state index contributed by atoms with van der Waals surface area (Å²) in [6.45, 7) is 13.8. The zero-order valence-electron chi connectivity index (χ0n) is 21.5. The fraction of sp³-hybridized carbons (Fsp3) is 0.692. The lowest BCUT2D eigenvalue weighted by Crippen LogP contribution is -2.37. The highest BCUT2D eigenvalue weighted by Gasteiger charge is 2.25. The molecule has 33 heavy (non-hydrogen) atoms. The lowest BCUT2D eigenvalue weighted by Gasteiger charge is -2.31. The highest BCUT2D eigenvalue weighted by molar-refractivity contribution is 5.95. The van der Waals surface area contributed by atoms with Gasteiger partial charge in [-0.25, -0.2) is 0 Å². The molecule has 1 rings (SSSR count). The van der Waals surface area contributed by atoms with Crippen molar-refractivity contribution in [3.05, 3.63) is 29.3 Å². The number of aryl methyl sites for hydroxylation is 1. The molecule has 1 aromatic carbocycles. The average molecular weight is 466 g/mol. The Balaban J connectivity index is 2.36. The number of rotatable bonds is 17. The Morgan fingerprint density at radius 2 is 1.73 bits per heavy atom. The van der Waals surface area contributed by atoms with Crippen molar-refractivity contribution in [2.24, 2.45) is 0 Å². The van der Waals surface area contributed by atoms with Gasteiger partial charge in [-0.3, -0.25) is 9.59 Å².